The average Bonchev–Trinajstić information content (AvgIpc) is 2.81. The second-order valence-corrected chi connectivity index (χ2v) is 6.84. The van der Waals surface area contributed by atoms with Crippen LogP contribution in [0, 0.1) is 17.3 Å². The number of likely N-dealkylation sites (tertiary alicyclic amines) is 1. The molecule has 2 aliphatic rings. The molecule has 1 aliphatic carbocycles. The molecule has 1 saturated carbocycles. The van der Waals surface area contributed by atoms with E-state index in [1.807, 2.05) is 13.8 Å². The van der Waals surface area contributed by atoms with Gasteiger partial charge in [0.15, 0.2) is 0 Å². The van der Waals surface area contributed by atoms with Crippen molar-refractivity contribution in [2.45, 2.75) is 52.4 Å². The summed E-state index contributed by atoms with van der Waals surface area (Å²) in [7, 11) is 0. The molecule has 2 rings (SSSR count). The van der Waals surface area contributed by atoms with Crippen LogP contribution in [0.25, 0.3) is 0 Å². The van der Waals surface area contributed by atoms with Gasteiger partial charge < -0.3 is 5.11 Å². The Kier molecular flexibility index (Phi) is 4.16. The lowest BCUT2D eigenvalue weighted by atomic mass is 9.83. The van der Waals surface area contributed by atoms with Crippen LogP contribution in [-0.2, 0) is 14.4 Å². The number of rotatable bonds is 6. The van der Waals surface area contributed by atoms with Crippen molar-refractivity contribution in [3.63, 3.8) is 0 Å². The van der Waals surface area contributed by atoms with Gasteiger partial charge in [0, 0.05) is 24.8 Å². The maximum atomic E-state index is 12.2. The topological polar surface area (TPSA) is 74.7 Å². The number of carbonyl (C=O) groups is 3. The molecular formula is C15H23NO4. The van der Waals surface area contributed by atoms with Crippen LogP contribution in [0.2, 0.25) is 0 Å². The van der Waals surface area contributed by atoms with Crippen molar-refractivity contribution in [3.8, 4) is 0 Å². The number of amides is 2. The van der Waals surface area contributed by atoms with E-state index in [1.165, 1.54) is 4.90 Å². The van der Waals surface area contributed by atoms with Crippen molar-refractivity contribution >= 4 is 17.8 Å². The Bertz CT molecular complexity index is 408. The van der Waals surface area contributed by atoms with Crippen molar-refractivity contribution in [3.05, 3.63) is 0 Å². The summed E-state index contributed by atoms with van der Waals surface area (Å²) in [6.07, 6.45) is 3.77. The molecule has 2 unspecified atom stereocenters. The fourth-order valence-electron chi connectivity index (χ4n) is 3.18. The molecule has 112 valence electrons. The van der Waals surface area contributed by atoms with Crippen LogP contribution in [0.4, 0.5) is 0 Å². The lowest BCUT2D eigenvalue weighted by molar-refractivity contribution is -0.153. The van der Waals surface area contributed by atoms with Crippen LogP contribution < -0.4 is 0 Å². The summed E-state index contributed by atoms with van der Waals surface area (Å²) in [6, 6.07) is 0. The summed E-state index contributed by atoms with van der Waals surface area (Å²) in [5.74, 6) is -0.753. The first kappa shape index (κ1) is 15.0. The van der Waals surface area contributed by atoms with Crippen molar-refractivity contribution < 1.29 is 19.5 Å². The van der Waals surface area contributed by atoms with E-state index in [0.717, 1.165) is 19.3 Å². The van der Waals surface area contributed by atoms with Crippen LogP contribution >= 0.6 is 0 Å². The molecule has 0 aromatic rings. The molecule has 2 atom stereocenters. The van der Waals surface area contributed by atoms with Gasteiger partial charge in [0.05, 0.1) is 0 Å². The summed E-state index contributed by atoms with van der Waals surface area (Å²) in [5.41, 5.74) is -0.171. The zero-order valence-corrected chi connectivity index (χ0v) is 12.2. The van der Waals surface area contributed by atoms with Gasteiger partial charge in [-0.15, -0.1) is 0 Å². The Morgan fingerprint density at radius 3 is 2.25 bits per heavy atom. The quantitative estimate of drug-likeness (QED) is 0.756. The van der Waals surface area contributed by atoms with E-state index in [9.17, 15) is 14.4 Å². The largest absolute Gasteiger partial charge is 0.481 e. The standard InChI is InChI=1S/C15H23NO4/c1-15(2,6-5-12(17)18)7-8-16-13(19)10-3-4-11(9-10)14(16)20/h10-11H,3-9H2,1-2H3,(H,17,18). The number of hydrogen-bond donors (Lipinski definition) is 1. The van der Waals surface area contributed by atoms with E-state index in [2.05, 4.69) is 0 Å². The Morgan fingerprint density at radius 1 is 1.20 bits per heavy atom. The summed E-state index contributed by atoms with van der Waals surface area (Å²) >= 11 is 0. The van der Waals surface area contributed by atoms with Gasteiger partial charge in [-0.3, -0.25) is 19.3 Å². The molecule has 2 amide bonds. The second kappa shape index (κ2) is 5.54. The van der Waals surface area contributed by atoms with Gasteiger partial charge >= 0.3 is 5.97 Å². The SMILES string of the molecule is CC(C)(CCC(=O)O)CCN1C(=O)C2CCC(C2)C1=O. The number of nitrogens with zero attached hydrogens (tertiary/aromatic N) is 1. The third-order valence-electron chi connectivity index (χ3n) is 4.69. The van der Waals surface area contributed by atoms with Gasteiger partial charge in [0.1, 0.15) is 0 Å². The molecule has 1 heterocycles. The third kappa shape index (κ3) is 3.19. The van der Waals surface area contributed by atoms with E-state index in [-0.39, 0.29) is 35.5 Å². The Labute approximate surface area is 119 Å². The molecule has 5 nitrogen and oxygen atoms in total. The normalized spacial score (nSPS) is 26.2. The van der Waals surface area contributed by atoms with E-state index < -0.39 is 5.97 Å². The highest BCUT2D eigenvalue weighted by Gasteiger charge is 2.45. The van der Waals surface area contributed by atoms with Crippen molar-refractivity contribution in [1.82, 2.24) is 4.90 Å². The molecule has 1 aliphatic heterocycles. The molecule has 2 fully saturated rings. The first-order chi connectivity index (χ1) is 9.30. The maximum absolute atomic E-state index is 12.2. The van der Waals surface area contributed by atoms with Gasteiger partial charge in [-0.05, 0) is 37.5 Å². The molecular weight excluding hydrogens is 258 g/mol. The zero-order chi connectivity index (χ0) is 14.9. The van der Waals surface area contributed by atoms with Gasteiger partial charge in [-0.25, -0.2) is 0 Å². The Morgan fingerprint density at radius 2 is 1.75 bits per heavy atom. The lowest BCUT2D eigenvalue weighted by Crippen LogP contribution is -2.47. The number of carboxylic acids is 1. The second-order valence-electron chi connectivity index (χ2n) is 6.84. The summed E-state index contributed by atoms with van der Waals surface area (Å²) in [5, 5.41) is 8.74. The van der Waals surface area contributed by atoms with Crippen LogP contribution in [0.3, 0.4) is 0 Å². The lowest BCUT2D eigenvalue weighted by Gasteiger charge is -2.33. The highest BCUT2D eigenvalue weighted by atomic mass is 16.4. The monoisotopic (exact) mass is 281 g/mol. The minimum atomic E-state index is -0.804. The minimum absolute atomic E-state index is 0.0159. The van der Waals surface area contributed by atoms with E-state index in [1.54, 1.807) is 0 Å². The first-order valence-electron chi connectivity index (χ1n) is 7.37. The van der Waals surface area contributed by atoms with Crippen molar-refractivity contribution in [1.29, 1.82) is 0 Å². The van der Waals surface area contributed by atoms with Gasteiger partial charge in [-0.1, -0.05) is 13.8 Å². The van der Waals surface area contributed by atoms with Crippen LogP contribution in [0.5, 0.6) is 0 Å². The molecule has 1 saturated heterocycles. The molecule has 5 heteroatoms. The van der Waals surface area contributed by atoms with Crippen molar-refractivity contribution in [2.75, 3.05) is 6.54 Å². The van der Waals surface area contributed by atoms with Crippen LogP contribution in [0.15, 0.2) is 0 Å². The highest BCUT2D eigenvalue weighted by Crippen LogP contribution is 2.39. The number of hydrogen-bond acceptors (Lipinski definition) is 3. The molecule has 0 aromatic carbocycles. The fourth-order valence-corrected chi connectivity index (χ4v) is 3.18. The smallest absolute Gasteiger partial charge is 0.303 e. The van der Waals surface area contributed by atoms with Gasteiger partial charge in [0.25, 0.3) is 0 Å². The molecule has 1 N–H and O–H groups in total. The number of aliphatic carboxylic acids is 1. The number of carboxylic acid groups (broad SMARTS) is 1. The van der Waals surface area contributed by atoms with Gasteiger partial charge in [0.2, 0.25) is 11.8 Å². The molecule has 20 heavy (non-hydrogen) atoms. The maximum Gasteiger partial charge on any atom is 0.303 e. The minimum Gasteiger partial charge on any atom is -0.481 e. The number of imide groups is 1. The average molecular weight is 281 g/mol. The summed E-state index contributed by atoms with van der Waals surface area (Å²) in [6.45, 7) is 4.41. The first-order valence-corrected chi connectivity index (χ1v) is 7.37. The predicted octanol–water partition coefficient (Wildman–Crippen LogP) is 2.05. The number of carbonyl (C=O) groups excluding carboxylic acids is 2. The number of fused-ring (bicyclic) bond motifs is 2. The van der Waals surface area contributed by atoms with Gasteiger partial charge in [-0.2, -0.15) is 0 Å². The molecule has 2 bridgehead atoms. The molecule has 0 spiro atoms. The Balaban J connectivity index is 1.91. The highest BCUT2D eigenvalue weighted by molar-refractivity contribution is 6.00. The van der Waals surface area contributed by atoms with E-state index >= 15 is 0 Å². The zero-order valence-electron chi connectivity index (χ0n) is 12.2. The molecule has 0 aromatic heterocycles. The van der Waals surface area contributed by atoms with Crippen LogP contribution in [-0.4, -0.2) is 34.3 Å². The number of piperidine rings is 1. The van der Waals surface area contributed by atoms with Crippen LogP contribution in [0.1, 0.15) is 52.4 Å². The van der Waals surface area contributed by atoms with E-state index in [4.69, 9.17) is 5.11 Å². The molecule has 0 radical (unpaired) electrons. The van der Waals surface area contributed by atoms with Crippen molar-refractivity contribution in [2.24, 2.45) is 17.3 Å². The third-order valence-corrected chi connectivity index (χ3v) is 4.69. The summed E-state index contributed by atoms with van der Waals surface area (Å²) < 4.78 is 0. The van der Waals surface area contributed by atoms with E-state index in [0.29, 0.717) is 19.4 Å². The fraction of sp³-hybridized carbons (Fsp3) is 0.800. The summed E-state index contributed by atoms with van der Waals surface area (Å²) in [4.78, 5) is 36.4. The predicted molar refractivity (Wildman–Crippen MR) is 72.8 cm³/mol. The Hall–Kier alpha value is -1.39.